The molecule has 2 atom stereocenters. The fourth-order valence-electron chi connectivity index (χ4n) is 3.20. The molecule has 2 saturated heterocycles. The molecule has 4 N–H and O–H groups in total. The van der Waals surface area contributed by atoms with Crippen LogP contribution in [-0.4, -0.2) is 69.3 Å². The van der Waals surface area contributed by atoms with E-state index in [2.05, 4.69) is 0 Å². The van der Waals surface area contributed by atoms with Crippen molar-refractivity contribution in [3.8, 4) is 0 Å². The summed E-state index contributed by atoms with van der Waals surface area (Å²) in [7, 11) is 0. The van der Waals surface area contributed by atoms with Gasteiger partial charge in [-0.2, -0.15) is 0 Å². The van der Waals surface area contributed by atoms with Crippen LogP contribution in [0.4, 0.5) is 9.59 Å². The van der Waals surface area contributed by atoms with Crippen molar-refractivity contribution in [3.05, 3.63) is 0 Å². The number of thiocarbonyl (C=S) groups is 1. The van der Waals surface area contributed by atoms with E-state index in [1.54, 1.807) is 25.7 Å². The summed E-state index contributed by atoms with van der Waals surface area (Å²) in [6, 6.07) is -0.630. The summed E-state index contributed by atoms with van der Waals surface area (Å²) in [6.07, 6.45) is 2.43. The van der Waals surface area contributed by atoms with Crippen LogP contribution in [0.25, 0.3) is 0 Å². The zero-order valence-corrected chi connectivity index (χ0v) is 19.7. The number of ether oxygens (including phenoxy) is 2. The van der Waals surface area contributed by atoms with Crippen LogP contribution in [0.1, 0.15) is 67.2 Å². The lowest BCUT2D eigenvalue weighted by Gasteiger charge is -2.27. The monoisotopic (exact) mass is 444 g/mol. The maximum Gasteiger partial charge on any atom is 0.410 e. The van der Waals surface area contributed by atoms with Crippen LogP contribution in [-0.2, 0) is 14.3 Å². The van der Waals surface area contributed by atoms with E-state index >= 15 is 0 Å². The third kappa shape index (κ3) is 8.33. The van der Waals surface area contributed by atoms with E-state index in [1.807, 2.05) is 20.8 Å². The first kappa shape index (κ1) is 25.9. The standard InChI is InChI=1S/C10H18N2O3.C10H18N2O2S/c1-10(2,3)15-9(14)12-6-4-5-7(12)8(11)13;1-10(2,3)14-9(13)12-6-4-5-7(12)8(11)15/h7H,4-6H2,1-3H3,(H2,11,13);7H,4-6H2,1-3H3,(H2,11,15)/t2*7-/m00/s1. The lowest BCUT2D eigenvalue weighted by Crippen LogP contribution is -2.45. The van der Waals surface area contributed by atoms with Crippen LogP contribution in [0.3, 0.4) is 0 Å². The summed E-state index contributed by atoms with van der Waals surface area (Å²) in [5.74, 6) is -0.460. The van der Waals surface area contributed by atoms with Crippen LogP contribution in [0.5, 0.6) is 0 Å². The quantitative estimate of drug-likeness (QED) is 0.626. The second-order valence-electron chi connectivity index (χ2n) is 9.47. The molecule has 0 saturated carbocycles. The zero-order chi connectivity index (χ0) is 23.3. The van der Waals surface area contributed by atoms with E-state index in [4.69, 9.17) is 33.2 Å². The van der Waals surface area contributed by atoms with Crippen LogP contribution in [0.15, 0.2) is 0 Å². The van der Waals surface area contributed by atoms with Gasteiger partial charge in [-0.15, -0.1) is 0 Å². The molecule has 2 heterocycles. The molecule has 3 amide bonds. The normalized spacial score (nSPS) is 21.5. The molecule has 2 aliphatic rings. The minimum Gasteiger partial charge on any atom is -0.444 e. The topological polar surface area (TPSA) is 128 Å². The van der Waals surface area contributed by atoms with Crippen LogP contribution in [0.2, 0.25) is 0 Å². The number of nitrogens with zero attached hydrogens (tertiary/aromatic N) is 2. The third-order valence-electron chi connectivity index (χ3n) is 4.42. The lowest BCUT2D eigenvalue weighted by molar-refractivity contribution is -0.122. The van der Waals surface area contributed by atoms with Crippen molar-refractivity contribution in [1.29, 1.82) is 0 Å². The Hall–Kier alpha value is -2.10. The van der Waals surface area contributed by atoms with Gasteiger partial charge < -0.3 is 20.9 Å². The highest BCUT2D eigenvalue weighted by Crippen LogP contribution is 2.21. The van der Waals surface area contributed by atoms with Gasteiger partial charge in [-0.1, -0.05) is 12.2 Å². The molecular weight excluding hydrogens is 408 g/mol. The molecule has 0 aromatic rings. The molecule has 0 aromatic carbocycles. The molecule has 9 nitrogen and oxygen atoms in total. The zero-order valence-electron chi connectivity index (χ0n) is 18.9. The largest absolute Gasteiger partial charge is 0.444 e. The van der Waals surface area contributed by atoms with Crippen molar-refractivity contribution in [2.24, 2.45) is 11.5 Å². The van der Waals surface area contributed by atoms with E-state index in [0.29, 0.717) is 24.5 Å². The molecule has 0 radical (unpaired) electrons. The first-order valence-electron chi connectivity index (χ1n) is 10.2. The number of nitrogens with two attached hydrogens (primary N) is 2. The molecule has 0 aromatic heterocycles. The Morgan fingerprint density at radius 1 is 0.800 bits per heavy atom. The molecule has 30 heavy (non-hydrogen) atoms. The van der Waals surface area contributed by atoms with Gasteiger partial charge in [-0.05, 0) is 67.2 Å². The second-order valence-corrected chi connectivity index (χ2v) is 9.94. The molecule has 2 aliphatic heterocycles. The van der Waals surface area contributed by atoms with Crippen molar-refractivity contribution in [2.75, 3.05) is 13.1 Å². The molecule has 2 rings (SSSR count). The van der Waals surface area contributed by atoms with E-state index in [-0.39, 0.29) is 12.1 Å². The average Bonchev–Trinajstić information content (AvgIpc) is 3.22. The number of hydrogen-bond acceptors (Lipinski definition) is 6. The summed E-state index contributed by atoms with van der Waals surface area (Å²) < 4.78 is 10.5. The summed E-state index contributed by atoms with van der Waals surface area (Å²) in [4.78, 5) is 37.9. The summed E-state index contributed by atoms with van der Waals surface area (Å²) in [5.41, 5.74) is 9.76. The second kappa shape index (κ2) is 10.3. The minimum absolute atomic E-state index is 0.130. The van der Waals surface area contributed by atoms with Crippen LogP contribution >= 0.6 is 12.2 Å². The molecule has 172 valence electrons. The van der Waals surface area contributed by atoms with Gasteiger partial charge in [-0.25, -0.2) is 9.59 Å². The Bertz CT molecular complexity index is 601. The van der Waals surface area contributed by atoms with Gasteiger partial charge in [0.2, 0.25) is 5.91 Å². The van der Waals surface area contributed by atoms with E-state index in [9.17, 15) is 14.4 Å². The maximum absolute atomic E-state index is 11.8. The fraction of sp³-hybridized carbons (Fsp3) is 0.800. The van der Waals surface area contributed by atoms with Crippen molar-refractivity contribution < 1.29 is 23.9 Å². The van der Waals surface area contributed by atoms with Gasteiger partial charge in [0, 0.05) is 13.1 Å². The average molecular weight is 445 g/mol. The molecule has 0 bridgehead atoms. The highest BCUT2D eigenvalue weighted by atomic mass is 32.1. The third-order valence-corrected chi connectivity index (χ3v) is 4.69. The van der Waals surface area contributed by atoms with Gasteiger partial charge in [0.15, 0.2) is 0 Å². The van der Waals surface area contributed by atoms with Gasteiger partial charge >= 0.3 is 12.2 Å². The molecule has 0 spiro atoms. The minimum atomic E-state index is -0.540. The molecule has 10 heteroatoms. The molecule has 2 fully saturated rings. The van der Waals surface area contributed by atoms with Crippen LogP contribution < -0.4 is 11.5 Å². The smallest absolute Gasteiger partial charge is 0.410 e. The number of carbonyl (C=O) groups is 3. The highest BCUT2D eigenvalue weighted by Gasteiger charge is 2.35. The van der Waals surface area contributed by atoms with Gasteiger partial charge in [0.25, 0.3) is 0 Å². The van der Waals surface area contributed by atoms with Crippen molar-refractivity contribution in [2.45, 2.75) is 90.5 Å². The number of hydrogen-bond donors (Lipinski definition) is 2. The molecule has 0 unspecified atom stereocenters. The Labute approximate surface area is 184 Å². The number of amides is 3. The van der Waals surface area contributed by atoms with E-state index < -0.39 is 29.2 Å². The Balaban J connectivity index is 0.000000300. The Morgan fingerprint density at radius 2 is 1.17 bits per heavy atom. The van der Waals surface area contributed by atoms with Gasteiger partial charge in [0.1, 0.15) is 17.2 Å². The van der Waals surface area contributed by atoms with E-state index in [0.717, 1.165) is 19.3 Å². The Morgan fingerprint density at radius 3 is 1.50 bits per heavy atom. The number of carbonyl (C=O) groups excluding carboxylic acids is 3. The van der Waals surface area contributed by atoms with E-state index in [1.165, 1.54) is 4.90 Å². The SMILES string of the molecule is CC(C)(C)OC(=O)N1CCC[C@H]1C(N)=O.CC(C)(C)OC(=O)N1CCC[C@H]1C(N)=S. The number of rotatable bonds is 2. The highest BCUT2D eigenvalue weighted by molar-refractivity contribution is 7.80. The fourth-order valence-corrected chi connectivity index (χ4v) is 3.45. The number of primary amides is 1. The summed E-state index contributed by atoms with van der Waals surface area (Å²) in [5, 5.41) is 0. The van der Waals surface area contributed by atoms with Crippen molar-refractivity contribution in [3.63, 3.8) is 0 Å². The summed E-state index contributed by atoms with van der Waals surface area (Å²) >= 11 is 4.92. The molecular formula is C20H36N4O5S. The first-order valence-corrected chi connectivity index (χ1v) is 10.6. The van der Waals surface area contributed by atoms with Crippen molar-refractivity contribution >= 4 is 35.3 Å². The van der Waals surface area contributed by atoms with Crippen LogP contribution in [0, 0.1) is 0 Å². The predicted molar refractivity (Wildman–Crippen MR) is 118 cm³/mol. The number of likely N-dealkylation sites (tertiary alicyclic amines) is 2. The summed E-state index contributed by atoms with van der Waals surface area (Å²) in [6.45, 7) is 12.1. The van der Waals surface area contributed by atoms with Crippen molar-refractivity contribution in [1.82, 2.24) is 9.80 Å². The predicted octanol–water partition coefficient (Wildman–Crippen LogP) is 2.54. The Kier molecular flexibility index (Phi) is 8.89. The van der Waals surface area contributed by atoms with Gasteiger partial charge in [-0.3, -0.25) is 14.6 Å². The first-order chi connectivity index (χ1) is 13.6. The molecule has 0 aliphatic carbocycles. The lowest BCUT2D eigenvalue weighted by atomic mass is 10.2. The van der Waals surface area contributed by atoms with Gasteiger partial charge in [0.05, 0.1) is 11.0 Å². The maximum atomic E-state index is 11.8.